The Morgan fingerprint density at radius 3 is 2.58 bits per heavy atom. The molecule has 0 spiro atoms. The zero-order chi connectivity index (χ0) is 22.0. The van der Waals surface area contributed by atoms with Crippen LogP contribution in [0, 0.1) is 6.92 Å². The van der Waals surface area contributed by atoms with Crippen molar-refractivity contribution in [1.29, 1.82) is 0 Å². The van der Waals surface area contributed by atoms with Crippen LogP contribution in [-0.2, 0) is 24.4 Å². The van der Waals surface area contributed by atoms with Crippen molar-refractivity contribution >= 4 is 34.9 Å². The first-order chi connectivity index (χ1) is 15.0. The monoisotopic (exact) mass is 456 g/mol. The second-order valence-electron chi connectivity index (χ2n) is 7.61. The van der Waals surface area contributed by atoms with Gasteiger partial charge in [0.15, 0.2) is 5.78 Å². The summed E-state index contributed by atoms with van der Waals surface area (Å²) in [6.45, 7) is 2.47. The van der Waals surface area contributed by atoms with Crippen LogP contribution in [-0.4, -0.2) is 16.3 Å². The predicted molar refractivity (Wildman–Crippen MR) is 121 cm³/mol. The van der Waals surface area contributed by atoms with E-state index in [-0.39, 0.29) is 18.3 Å². The number of benzene rings is 2. The summed E-state index contributed by atoms with van der Waals surface area (Å²) in [7, 11) is 0. The molecule has 1 aliphatic carbocycles. The van der Waals surface area contributed by atoms with Gasteiger partial charge in [-0.2, -0.15) is 0 Å². The van der Waals surface area contributed by atoms with Crippen LogP contribution in [0.1, 0.15) is 56.1 Å². The normalized spacial score (nSPS) is 13.2. The first-order valence-electron chi connectivity index (χ1n) is 10.1. The molecule has 0 saturated heterocycles. The molecule has 160 valence electrons. The highest BCUT2D eigenvalue weighted by Gasteiger charge is 2.30. The molecule has 1 heterocycles. The summed E-state index contributed by atoms with van der Waals surface area (Å²) in [5.74, 6) is -0.304. The molecular formula is C24H22Cl2N2O3. The summed E-state index contributed by atoms with van der Waals surface area (Å²) in [5.41, 5.74) is 7.02. The first kappa shape index (κ1) is 21.6. The minimum absolute atomic E-state index is 0.0749. The van der Waals surface area contributed by atoms with E-state index in [2.05, 4.69) is 5.48 Å². The minimum atomic E-state index is -0.379. The Kier molecular flexibility index (Phi) is 6.46. The van der Waals surface area contributed by atoms with E-state index in [1.54, 1.807) is 12.1 Å². The molecule has 1 aromatic heterocycles. The zero-order valence-corrected chi connectivity index (χ0v) is 18.6. The largest absolute Gasteiger partial charge is 0.335 e. The number of carbonyl (C=O) groups is 2. The fourth-order valence-electron chi connectivity index (χ4n) is 4.07. The summed E-state index contributed by atoms with van der Waals surface area (Å²) in [6.07, 6.45) is 2.00. The molecule has 0 unspecified atom stereocenters. The molecule has 0 aliphatic heterocycles. The zero-order valence-electron chi connectivity index (χ0n) is 17.1. The highest BCUT2D eigenvalue weighted by molar-refractivity contribution is 6.42. The first-order valence-corrected chi connectivity index (χ1v) is 10.9. The van der Waals surface area contributed by atoms with Crippen LogP contribution in [0.2, 0.25) is 10.0 Å². The van der Waals surface area contributed by atoms with Crippen molar-refractivity contribution < 1.29 is 14.4 Å². The number of hydrogen-bond donors (Lipinski definition) is 1. The highest BCUT2D eigenvalue weighted by Crippen LogP contribution is 2.31. The van der Waals surface area contributed by atoms with E-state index in [1.807, 2.05) is 47.9 Å². The number of nitrogens with zero attached hydrogens (tertiary/aromatic N) is 1. The number of halogens is 2. The van der Waals surface area contributed by atoms with Gasteiger partial charge < -0.3 is 4.57 Å². The number of carbonyl (C=O) groups excluding carboxylic acids is 2. The van der Waals surface area contributed by atoms with Gasteiger partial charge in [-0.05, 0) is 48.6 Å². The van der Waals surface area contributed by atoms with Crippen LogP contribution in [0.5, 0.6) is 0 Å². The number of fused-ring (bicyclic) bond motifs is 1. The van der Waals surface area contributed by atoms with Crippen LogP contribution in [0.4, 0.5) is 0 Å². The molecule has 1 amide bonds. The van der Waals surface area contributed by atoms with Crippen molar-refractivity contribution in [3.05, 3.63) is 92.2 Å². The molecule has 4 rings (SSSR count). The fourth-order valence-corrected chi connectivity index (χ4v) is 4.39. The molecule has 3 aromatic rings. The lowest BCUT2D eigenvalue weighted by Gasteiger charge is -2.17. The number of amides is 1. The van der Waals surface area contributed by atoms with E-state index in [4.69, 9.17) is 28.0 Å². The van der Waals surface area contributed by atoms with Crippen molar-refractivity contribution in [3.8, 4) is 0 Å². The van der Waals surface area contributed by atoms with Crippen molar-refractivity contribution in [2.75, 3.05) is 0 Å². The van der Waals surface area contributed by atoms with Gasteiger partial charge in [0.05, 0.1) is 16.7 Å². The van der Waals surface area contributed by atoms with Crippen LogP contribution in [0.3, 0.4) is 0 Å². The third-order valence-corrected chi connectivity index (χ3v) is 6.24. The lowest BCUT2D eigenvalue weighted by molar-refractivity contribution is 0.0225. The van der Waals surface area contributed by atoms with E-state index in [1.165, 1.54) is 0 Å². The number of Topliss-reactive ketones (excluding diaryl/α,β-unsaturated/α-hetero) is 1. The average Bonchev–Trinajstić information content (AvgIpc) is 3.04. The van der Waals surface area contributed by atoms with E-state index in [0.29, 0.717) is 39.8 Å². The number of aromatic nitrogens is 1. The van der Waals surface area contributed by atoms with Gasteiger partial charge in [-0.1, -0.05) is 59.6 Å². The SMILES string of the molecule is Cc1c2c(n(Cc3ccc(Cl)c(Cl)c3)c1C(=O)NOCc1ccccc1)CCCC2=O. The lowest BCUT2D eigenvalue weighted by atomic mass is 9.93. The van der Waals surface area contributed by atoms with Crippen molar-refractivity contribution in [3.63, 3.8) is 0 Å². The van der Waals surface area contributed by atoms with Crippen molar-refractivity contribution in [2.24, 2.45) is 0 Å². The molecular weight excluding hydrogens is 435 g/mol. The molecule has 0 atom stereocenters. The Morgan fingerprint density at radius 1 is 1.06 bits per heavy atom. The molecule has 0 bridgehead atoms. The van der Waals surface area contributed by atoms with Gasteiger partial charge in [0, 0.05) is 24.2 Å². The average molecular weight is 457 g/mol. The Balaban J connectivity index is 1.64. The van der Waals surface area contributed by atoms with E-state index in [9.17, 15) is 9.59 Å². The maximum Gasteiger partial charge on any atom is 0.291 e. The van der Waals surface area contributed by atoms with Crippen LogP contribution < -0.4 is 5.48 Å². The maximum atomic E-state index is 13.1. The van der Waals surface area contributed by atoms with Gasteiger partial charge in [0.1, 0.15) is 5.69 Å². The van der Waals surface area contributed by atoms with E-state index in [0.717, 1.165) is 29.7 Å². The molecule has 0 radical (unpaired) electrons. The number of hydroxylamine groups is 1. The third-order valence-electron chi connectivity index (χ3n) is 5.50. The van der Waals surface area contributed by atoms with Crippen molar-refractivity contribution in [2.45, 2.75) is 39.3 Å². The minimum Gasteiger partial charge on any atom is -0.335 e. The fraction of sp³-hybridized carbons (Fsp3) is 0.250. The summed E-state index contributed by atoms with van der Waals surface area (Å²) in [4.78, 5) is 31.2. The molecule has 1 N–H and O–H groups in total. The third kappa shape index (κ3) is 4.54. The van der Waals surface area contributed by atoms with Crippen LogP contribution in [0.25, 0.3) is 0 Å². The summed E-state index contributed by atoms with van der Waals surface area (Å²) in [5, 5.41) is 0.920. The molecule has 1 aliphatic rings. The van der Waals surface area contributed by atoms with Crippen LogP contribution in [0.15, 0.2) is 48.5 Å². The van der Waals surface area contributed by atoms with Crippen molar-refractivity contribution in [1.82, 2.24) is 10.0 Å². The second-order valence-corrected chi connectivity index (χ2v) is 8.43. The number of ketones is 1. The maximum absolute atomic E-state index is 13.1. The molecule has 0 saturated carbocycles. The molecule has 0 fully saturated rings. The summed E-state index contributed by atoms with van der Waals surface area (Å²) in [6, 6.07) is 15.0. The standard InChI is InChI=1S/C24H22Cl2N2O3/c1-15-22-20(8-5-9-21(22)29)28(13-17-10-11-18(25)19(26)12-17)23(15)24(30)27-31-14-16-6-3-2-4-7-16/h2-4,6-7,10-12H,5,8-9,13-14H2,1H3,(H,27,30). The Bertz CT molecular complexity index is 1140. The highest BCUT2D eigenvalue weighted by atomic mass is 35.5. The summed E-state index contributed by atoms with van der Waals surface area (Å²) >= 11 is 12.2. The van der Waals surface area contributed by atoms with Gasteiger partial charge in [0.2, 0.25) is 0 Å². The Hall–Kier alpha value is -2.60. The van der Waals surface area contributed by atoms with Crippen LogP contribution >= 0.6 is 23.2 Å². The number of hydrogen-bond acceptors (Lipinski definition) is 3. The topological polar surface area (TPSA) is 60.3 Å². The van der Waals surface area contributed by atoms with Gasteiger partial charge in [-0.3, -0.25) is 14.4 Å². The predicted octanol–water partition coefficient (Wildman–Crippen LogP) is 5.53. The molecule has 7 heteroatoms. The van der Waals surface area contributed by atoms with Gasteiger partial charge in [-0.25, -0.2) is 5.48 Å². The molecule has 31 heavy (non-hydrogen) atoms. The molecule has 2 aromatic carbocycles. The summed E-state index contributed by atoms with van der Waals surface area (Å²) < 4.78 is 1.91. The smallest absolute Gasteiger partial charge is 0.291 e. The lowest BCUT2D eigenvalue weighted by Crippen LogP contribution is -2.27. The van der Waals surface area contributed by atoms with E-state index < -0.39 is 0 Å². The second kappa shape index (κ2) is 9.27. The molecule has 5 nitrogen and oxygen atoms in total. The van der Waals surface area contributed by atoms with Gasteiger partial charge >= 0.3 is 0 Å². The number of nitrogens with one attached hydrogen (secondary N) is 1. The van der Waals surface area contributed by atoms with Gasteiger partial charge in [-0.15, -0.1) is 0 Å². The number of rotatable bonds is 6. The Labute approximate surface area is 190 Å². The van der Waals surface area contributed by atoms with Gasteiger partial charge in [0.25, 0.3) is 5.91 Å². The Morgan fingerprint density at radius 2 is 1.84 bits per heavy atom. The quantitative estimate of drug-likeness (QED) is 0.495. The van der Waals surface area contributed by atoms with E-state index >= 15 is 0 Å².